The first-order chi connectivity index (χ1) is 16.7. The van der Waals surface area contributed by atoms with Gasteiger partial charge in [0.15, 0.2) is 11.9 Å². The number of thiophene rings is 1. The lowest BCUT2D eigenvalue weighted by Gasteiger charge is -2.33. The highest BCUT2D eigenvalue weighted by atomic mass is 35.5. The highest BCUT2D eigenvalue weighted by Gasteiger charge is 2.32. The number of benzene rings is 1. The number of nitrogens with zero attached hydrogens (tertiary/aromatic N) is 5. The molecule has 0 atom stereocenters. The molecule has 0 bridgehead atoms. The molecule has 4 heterocycles. The number of fused-ring (bicyclic) bond motifs is 1. The molecule has 1 aromatic carbocycles. The molecular formula is C23H20ClN5O4S2. The van der Waals surface area contributed by atoms with E-state index in [0.717, 1.165) is 20.4 Å². The fourth-order valence-corrected chi connectivity index (χ4v) is 7.13. The van der Waals surface area contributed by atoms with Crippen LogP contribution in [0.4, 0.5) is 0 Å². The number of piperazine rings is 1. The Labute approximate surface area is 210 Å². The van der Waals surface area contributed by atoms with Gasteiger partial charge in [0.1, 0.15) is 4.21 Å². The average molecular weight is 530 g/mol. The summed E-state index contributed by atoms with van der Waals surface area (Å²) in [5.74, 6) is -0.315. The molecule has 12 heteroatoms. The lowest BCUT2D eigenvalue weighted by atomic mass is 10.1. The van der Waals surface area contributed by atoms with Gasteiger partial charge in [0.2, 0.25) is 5.82 Å². The Kier molecular flexibility index (Phi) is 6.18. The molecule has 1 saturated heterocycles. The Morgan fingerprint density at radius 1 is 1.06 bits per heavy atom. The second-order valence-electron chi connectivity index (χ2n) is 8.12. The van der Waals surface area contributed by atoms with Crippen molar-refractivity contribution >= 4 is 49.0 Å². The first kappa shape index (κ1) is 23.6. The second-order valence-corrected chi connectivity index (χ2v) is 11.8. The van der Waals surface area contributed by atoms with Gasteiger partial charge in [-0.3, -0.25) is 4.79 Å². The van der Waals surface area contributed by atoms with E-state index in [1.165, 1.54) is 21.8 Å². The number of sulfonamides is 1. The molecule has 180 valence electrons. The predicted molar refractivity (Wildman–Crippen MR) is 133 cm³/mol. The van der Waals surface area contributed by atoms with Crippen LogP contribution in [0.1, 0.15) is 16.3 Å². The van der Waals surface area contributed by atoms with Gasteiger partial charge in [-0.2, -0.15) is 9.04 Å². The largest absolute Gasteiger partial charge is 0.619 e. The standard InChI is InChI=1S/C23H20ClN5O4S2/c1-15-10-16(4-5-29(15)31)18-13-25-22(26-14-18)23(30)27-6-8-28(9-7-27)35(32,33)21-11-17-2-3-19(24)12-20(17)34-21/h2-5,10-14H,6-9H2,1H3. The summed E-state index contributed by atoms with van der Waals surface area (Å²) >= 11 is 7.21. The van der Waals surface area contributed by atoms with Crippen LogP contribution < -0.4 is 4.73 Å². The minimum Gasteiger partial charge on any atom is -0.619 e. The normalized spacial score (nSPS) is 15.0. The van der Waals surface area contributed by atoms with Crippen molar-refractivity contribution in [3.63, 3.8) is 0 Å². The van der Waals surface area contributed by atoms with Gasteiger partial charge >= 0.3 is 0 Å². The van der Waals surface area contributed by atoms with E-state index in [1.54, 1.807) is 60.6 Å². The smallest absolute Gasteiger partial charge is 0.291 e. The number of amides is 1. The predicted octanol–water partition coefficient (Wildman–Crippen LogP) is 3.10. The summed E-state index contributed by atoms with van der Waals surface area (Å²) in [6.45, 7) is 2.54. The first-order valence-corrected chi connectivity index (χ1v) is 13.4. The summed E-state index contributed by atoms with van der Waals surface area (Å²) in [5.41, 5.74) is 2.00. The molecule has 1 aliphatic heterocycles. The van der Waals surface area contributed by atoms with Crippen LogP contribution in [0, 0.1) is 12.1 Å². The van der Waals surface area contributed by atoms with E-state index >= 15 is 0 Å². The van der Waals surface area contributed by atoms with E-state index in [2.05, 4.69) is 9.97 Å². The van der Waals surface area contributed by atoms with Gasteiger partial charge in [-0.1, -0.05) is 17.7 Å². The van der Waals surface area contributed by atoms with E-state index in [0.29, 0.717) is 16.3 Å². The third-order valence-corrected chi connectivity index (χ3v) is 9.54. The summed E-state index contributed by atoms with van der Waals surface area (Å²) < 4.78 is 29.5. The zero-order valence-electron chi connectivity index (χ0n) is 18.6. The van der Waals surface area contributed by atoms with Crippen LogP contribution in [0.5, 0.6) is 0 Å². The Bertz CT molecular complexity index is 1530. The second kappa shape index (κ2) is 9.15. The van der Waals surface area contributed by atoms with Crippen molar-refractivity contribution in [2.45, 2.75) is 11.1 Å². The van der Waals surface area contributed by atoms with Crippen LogP contribution in [0.3, 0.4) is 0 Å². The molecule has 1 aliphatic rings. The van der Waals surface area contributed by atoms with Gasteiger partial charge in [-0.05, 0) is 29.1 Å². The van der Waals surface area contributed by atoms with Crippen LogP contribution in [0.25, 0.3) is 21.2 Å². The molecule has 1 fully saturated rings. The molecule has 0 unspecified atom stereocenters. The molecule has 0 radical (unpaired) electrons. The van der Waals surface area contributed by atoms with Crippen molar-refractivity contribution in [3.8, 4) is 11.1 Å². The van der Waals surface area contributed by atoms with Crippen molar-refractivity contribution in [2.75, 3.05) is 26.2 Å². The topological polar surface area (TPSA) is 110 Å². The number of aromatic nitrogens is 3. The summed E-state index contributed by atoms with van der Waals surface area (Å²) in [4.78, 5) is 22.9. The Morgan fingerprint density at radius 2 is 1.77 bits per heavy atom. The lowest BCUT2D eigenvalue weighted by molar-refractivity contribution is -0.612. The zero-order valence-corrected chi connectivity index (χ0v) is 21.0. The van der Waals surface area contributed by atoms with E-state index in [9.17, 15) is 18.4 Å². The van der Waals surface area contributed by atoms with Crippen LogP contribution in [0.15, 0.2) is 59.2 Å². The molecular weight excluding hydrogens is 510 g/mol. The first-order valence-electron chi connectivity index (χ1n) is 10.7. The molecule has 35 heavy (non-hydrogen) atoms. The number of hydrogen-bond acceptors (Lipinski definition) is 7. The summed E-state index contributed by atoms with van der Waals surface area (Å²) in [6.07, 6.45) is 4.49. The maximum Gasteiger partial charge on any atom is 0.291 e. The minimum atomic E-state index is -3.68. The van der Waals surface area contributed by atoms with Crippen molar-refractivity contribution < 1.29 is 17.9 Å². The fourth-order valence-electron chi connectivity index (χ4n) is 3.88. The SMILES string of the molecule is Cc1cc(-c2cnc(C(=O)N3CCN(S(=O)(=O)c4cc5ccc(Cl)cc5s4)CC3)nc2)cc[n+]1[O-]. The highest BCUT2D eigenvalue weighted by molar-refractivity contribution is 7.91. The number of carbonyl (C=O) groups excluding carboxylic acids is 1. The number of carbonyl (C=O) groups is 1. The number of hydrogen-bond donors (Lipinski definition) is 0. The monoisotopic (exact) mass is 529 g/mol. The average Bonchev–Trinajstić information content (AvgIpc) is 3.30. The van der Waals surface area contributed by atoms with Gasteiger partial charge in [-0.25, -0.2) is 18.4 Å². The molecule has 0 saturated carbocycles. The quantitative estimate of drug-likeness (QED) is 0.297. The van der Waals surface area contributed by atoms with Crippen LogP contribution in [-0.2, 0) is 10.0 Å². The number of halogens is 1. The zero-order chi connectivity index (χ0) is 24.7. The van der Waals surface area contributed by atoms with Gasteiger partial charge in [0, 0.05) is 72.9 Å². The third-order valence-electron chi connectivity index (χ3n) is 5.86. The fraction of sp³-hybridized carbons (Fsp3) is 0.217. The van der Waals surface area contributed by atoms with E-state index in [1.807, 2.05) is 0 Å². The molecule has 5 rings (SSSR count). The van der Waals surface area contributed by atoms with E-state index < -0.39 is 10.0 Å². The van der Waals surface area contributed by atoms with Crippen LogP contribution in [0.2, 0.25) is 5.02 Å². The molecule has 1 amide bonds. The van der Waals surface area contributed by atoms with Crippen LogP contribution in [-0.4, -0.2) is 59.7 Å². The van der Waals surface area contributed by atoms with E-state index in [4.69, 9.17) is 11.6 Å². The van der Waals surface area contributed by atoms with Crippen LogP contribution >= 0.6 is 22.9 Å². The lowest BCUT2D eigenvalue weighted by Crippen LogP contribution is -2.50. The molecule has 0 spiro atoms. The van der Waals surface area contributed by atoms with E-state index in [-0.39, 0.29) is 42.1 Å². The van der Waals surface area contributed by atoms with Crippen molar-refractivity contribution in [3.05, 3.63) is 76.7 Å². The van der Waals surface area contributed by atoms with Crippen molar-refractivity contribution in [2.24, 2.45) is 0 Å². The Balaban J connectivity index is 1.26. The molecule has 9 nitrogen and oxygen atoms in total. The highest BCUT2D eigenvalue weighted by Crippen LogP contribution is 2.33. The summed E-state index contributed by atoms with van der Waals surface area (Å²) in [5, 5.41) is 12.9. The minimum absolute atomic E-state index is 0.0398. The molecule has 0 aliphatic carbocycles. The molecule has 4 aromatic rings. The molecule has 3 aromatic heterocycles. The van der Waals surface area contributed by atoms with Crippen molar-refractivity contribution in [1.82, 2.24) is 19.2 Å². The van der Waals surface area contributed by atoms with Gasteiger partial charge in [0.25, 0.3) is 15.9 Å². The maximum atomic E-state index is 13.2. The maximum absolute atomic E-state index is 13.2. The Morgan fingerprint density at radius 3 is 2.46 bits per heavy atom. The van der Waals surface area contributed by atoms with Gasteiger partial charge in [-0.15, -0.1) is 11.3 Å². The number of pyridine rings is 1. The van der Waals surface area contributed by atoms with Crippen molar-refractivity contribution in [1.29, 1.82) is 0 Å². The Hall–Kier alpha value is -3.12. The molecule has 0 N–H and O–H groups in total. The third kappa shape index (κ3) is 4.59. The van der Waals surface area contributed by atoms with Gasteiger partial charge < -0.3 is 10.1 Å². The number of rotatable bonds is 4. The van der Waals surface area contributed by atoms with Gasteiger partial charge in [0.05, 0.1) is 0 Å². The summed E-state index contributed by atoms with van der Waals surface area (Å²) in [7, 11) is -3.68. The summed E-state index contributed by atoms with van der Waals surface area (Å²) in [6, 6.07) is 10.3. The number of aryl methyl sites for hydroxylation is 1.